The van der Waals surface area contributed by atoms with Crippen molar-refractivity contribution in [3.63, 3.8) is 0 Å². The number of nitrogens with zero attached hydrogens (tertiary/aromatic N) is 7. The molecule has 0 saturated heterocycles. The minimum Gasteiger partial charge on any atom is -0.422 e. The molecule has 0 spiro atoms. The summed E-state index contributed by atoms with van der Waals surface area (Å²) >= 11 is 0. The summed E-state index contributed by atoms with van der Waals surface area (Å²) < 4.78 is 287. The van der Waals surface area contributed by atoms with Gasteiger partial charge in [0.05, 0.1) is 43.4 Å². The van der Waals surface area contributed by atoms with E-state index in [0.29, 0.717) is 33.1 Å². The molecule has 0 fully saturated rings. The van der Waals surface area contributed by atoms with E-state index in [9.17, 15) is 107 Å². The molecule has 6 aromatic carbocycles. The topological polar surface area (TPSA) is 394 Å². The third-order valence-corrected chi connectivity index (χ3v) is 23.2. The maximum atomic E-state index is 13.4. The lowest BCUT2D eigenvalue weighted by atomic mass is 10.1. The fourth-order valence-corrected chi connectivity index (χ4v) is 13.4. The highest BCUT2D eigenvalue weighted by Crippen LogP contribution is 2.28. The molecule has 0 aliphatic rings. The first-order chi connectivity index (χ1) is 50.9. The van der Waals surface area contributed by atoms with Crippen LogP contribution in [-0.2, 0) is 78.7 Å². The summed E-state index contributed by atoms with van der Waals surface area (Å²) in [6.07, 6.45) is 6.17. The van der Waals surface area contributed by atoms with Crippen molar-refractivity contribution in [1.82, 2.24) is 34.9 Å². The van der Waals surface area contributed by atoms with Crippen molar-refractivity contribution >= 4 is 111 Å². The van der Waals surface area contributed by atoms with Gasteiger partial charge in [0, 0.05) is 102 Å². The number of aromatic nitrogens is 7. The Hall–Kier alpha value is -11.6. The highest BCUT2D eigenvalue weighted by molar-refractivity contribution is 7.96. The maximum absolute atomic E-state index is 13.4. The van der Waals surface area contributed by atoms with E-state index >= 15 is 0 Å². The molecule has 0 unspecified atom stereocenters. The van der Waals surface area contributed by atoms with Crippen LogP contribution in [0.2, 0.25) is 0 Å². The minimum atomic E-state index is -3.72. The van der Waals surface area contributed by atoms with Crippen LogP contribution in [0.1, 0.15) is 0 Å². The molecule has 572 valence electrons. The highest BCUT2D eigenvalue weighted by atomic mass is 32.2. The molecular formula is C68H53F8N7O18S8. The number of hydrogen-bond acceptors (Lipinski definition) is 25. The van der Waals surface area contributed by atoms with Crippen molar-refractivity contribution in [2.24, 2.45) is 0 Å². The largest absolute Gasteiger partial charge is 0.422 e. The number of halogens is 8. The van der Waals surface area contributed by atoms with Gasteiger partial charge in [0.25, 0.3) is 10.3 Å². The van der Waals surface area contributed by atoms with Crippen LogP contribution in [-0.4, -0.2) is 102 Å². The maximum Gasteiger partial charge on any atom is 0.339 e. The van der Waals surface area contributed by atoms with E-state index in [1.165, 1.54) is 79.1 Å². The number of pyridine rings is 1. The Balaban J connectivity index is 0.000000264. The summed E-state index contributed by atoms with van der Waals surface area (Å²) in [7, 11) is -28.9. The molecule has 25 nitrogen and oxygen atoms in total. The third kappa shape index (κ3) is 25.3. The molecule has 0 aliphatic carbocycles. The summed E-state index contributed by atoms with van der Waals surface area (Å²) in [6, 6.07) is 28.6. The Kier molecular flexibility index (Phi) is 32.0. The number of rotatable bonds is 16. The van der Waals surface area contributed by atoms with Gasteiger partial charge in [0.15, 0.2) is 50.2 Å². The van der Waals surface area contributed by atoms with Crippen LogP contribution >= 0.6 is 0 Å². The van der Waals surface area contributed by atoms with Gasteiger partial charge in [-0.3, -0.25) is 4.98 Å². The Morgan fingerprint density at radius 2 is 0.807 bits per heavy atom. The molecule has 5 aromatic heterocycles. The molecular weight excluding hydrogens is 1600 g/mol. The van der Waals surface area contributed by atoms with Gasteiger partial charge in [-0.15, -0.1) is 0 Å². The third-order valence-electron chi connectivity index (χ3n) is 12.8. The fraction of sp³-hybridized carbons (Fsp3) is 0. The molecule has 41 heteroatoms. The lowest BCUT2D eigenvalue weighted by molar-refractivity contribution is 0.537. The highest BCUT2D eigenvalue weighted by Gasteiger charge is 2.20. The van der Waals surface area contributed by atoms with Crippen molar-refractivity contribution in [2.45, 2.75) is 39.8 Å². The number of benzene rings is 6. The second-order valence-electron chi connectivity index (χ2n) is 19.7. The molecule has 0 saturated carbocycles. The SMILES string of the molecule is C=CS(=O)(=O)c1cc([18F])ncn1.C=CS(=O)(=O)c1ccc([18F])c2ccccc12.C=CS(=O)(=O)c1ccc([18F])c2ccncc12.C=CS(=O)(=O)c1ccc2c([18F])cc(=O)oc2c1.C=CS(=O)(=O)c1cccc([18F])c1.C=CS(=O)(=O)c1ccccc1[18F].C=CS(=O)(=O)c1ncc([18F])cn1.C=CS(=O)(=O)c1nccc([18F])n1. The normalized spacial score (nSPS) is 11.3. The van der Waals surface area contributed by atoms with E-state index in [2.05, 4.69) is 87.5 Å². The Bertz CT molecular complexity index is 6040. The lowest BCUT2D eigenvalue weighted by Gasteiger charge is -2.05. The Labute approximate surface area is 618 Å². The average Bonchev–Trinajstić information content (AvgIpc) is 0.786. The summed E-state index contributed by atoms with van der Waals surface area (Å²) in [6.45, 7) is 25.1. The predicted molar refractivity (Wildman–Crippen MR) is 386 cm³/mol. The first-order valence-electron chi connectivity index (χ1n) is 28.7. The predicted octanol–water partition coefficient (Wildman–Crippen LogP) is 12.1. The van der Waals surface area contributed by atoms with Crippen molar-refractivity contribution in [1.29, 1.82) is 0 Å². The Morgan fingerprint density at radius 3 is 1.32 bits per heavy atom. The van der Waals surface area contributed by atoms with Gasteiger partial charge in [0.2, 0.25) is 51.2 Å². The summed E-state index contributed by atoms with van der Waals surface area (Å²) in [5.74, 6) is -5.43. The van der Waals surface area contributed by atoms with Crippen molar-refractivity contribution < 1.29 is 107 Å². The van der Waals surface area contributed by atoms with Gasteiger partial charge >= 0.3 is 5.63 Å². The molecule has 11 rings (SSSR count). The molecule has 5 heterocycles. The zero-order valence-electron chi connectivity index (χ0n) is 55.3. The van der Waals surface area contributed by atoms with Gasteiger partial charge in [0.1, 0.15) is 45.9 Å². The van der Waals surface area contributed by atoms with Gasteiger partial charge in [-0.25, -0.2) is 123 Å². The quantitative estimate of drug-likeness (QED) is 0.0285. The number of fused-ring (bicyclic) bond motifs is 3. The van der Waals surface area contributed by atoms with Crippen molar-refractivity contribution in [3.8, 4) is 0 Å². The van der Waals surface area contributed by atoms with E-state index in [0.717, 1.165) is 94.4 Å². The molecule has 0 radical (unpaired) electrons. The molecule has 0 aliphatic heterocycles. The molecule has 0 bridgehead atoms. The van der Waals surface area contributed by atoms with Crippen molar-refractivity contribution in [2.75, 3.05) is 0 Å². The molecule has 0 atom stereocenters. The van der Waals surface area contributed by atoms with Crippen molar-refractivity contribution in [3.05, 3.63) is 330 Å². The monoisotopic (exact) mass is 1660 g/mol. The second kappa shape index (κ2) is 38.8. The molecule has 11 aromatic rings. The zero-order chi connectivity index (χ0) is 82.1. The second-order valence-corrected chi connectivity index (χ2v) is 34.5. The average molecular weight is 1660 g/mol. The number of sulfone groups is 8. The Morgan fingerprint density at radius 1 is 0.321 bits per heavy atom. The first-order valence-corrected chi connectivity index (χ1v) is 41.1. The van der Waals surface area contributed by atoms with Crippen LogP contribution in [0.4, 0.5) is 35.1 Å². The zero-order valence-corrected chi connectivity index (χ0v) is 61.8. The lowest BCUT2D eigenvalue weighted by Crippen LogP contribution is -2.03. The van der Waals surface area contributed by atoms with E-state index in [1.54, 1.807) is 24.3 Å². The standard InChI is InChI=1S/C12H9FO2S.C11H8FNO2S.C11H7FO4S.2C8H7FO2S.3C6H5FN2O2S/c1-2-16(14,15)12-8-7-11(13)9-5-3-4-6-10(9)12;1-2-16(14,15)11-4-3-10(12)8-5-6-13-7-9(8)11;1-2-17(14,15)7-3-4-8-9(12)6-11(13)16-10(8)5-7;1-2-12(10,11)8-5-3-4-7(9)6-8;1-2-12(10,11)8-6-4-3-5-7(8)9;1-2-12(10,11)6-3-5(7)8-4-9-6;1-2-12(10,11)6-8-3-5(7)4-9-6;1-2-12(10,11)6-8-4-3-5(7)9-6/h2-8H,1H2;2-7H,1H2;2-6H,1H2;2*2-6H,1H2;3*2-4H,1H2/i13-1;2*12-1;2*9-1;3*7-1. The van der Waals surface area contributed by atoms with Crippen LogP contribution in [0.25, 0.3) is 32.5 Å². The van der Waals surface area contributed by atoms with E-state index in [-0.39, 0.29) is 51.2 Å². The smallest absolute Gasteiger partial charge is 0.339 e. The summed E-state index contributed by atoms with van der Waals surface area (Å²) in [5, 5.41) is 5.90. The van der Waals surface area contributed by atoms with Crippen LogP contribution in [0, 0.1) is 46.8 Å². The summed E-state index contributed by atoms with van der Waals surface area (Å²) in [4.78, 5) is 33.8. The van der Waals surface area contributed by atoms with Crippen LogP contribution in [0.5, 0.6) is 0 Å². The van der Waals surface area contributed by atoms with Crippen LogP contribution in [0.3, 0.4) is 0 Å². The van der Waals surface area contributed by atoms with E-state index < -0.39 is 141 Å². The molecule has 109 heavy (non-hydrogen) atoms. The van der Waals surface area contributed by atoms with Crippen LogP contribution in [0.15, 0.2) is 322 Å². The van der Waals surface area contributed by atoms with Gasteiger partial charge in [-0.05, 0) is 72.8 Å². The van der Waals surface area contributed by atoms with Gasteiger partial charge < -0.3 is 4.42 Å². The minimum absolute atomic E-state index is 0.0204. The van der Waals surface area contributed by atoms with Crippen LogP contribution < -0.4 is 5.63 Å². The van der Waals surface area contributed by atoms with Gasteiger partial charge in [-0.2, -0.15) is 13.8 Å². The van der Waals surface area contributed by atoms with Gasteiger partial charge in [-0.1, -0.05) is 95.1 Å². The molecule has 0 amide bonds. The van der Waals surface area contributed by atoms with E-state index in [1.807, 2.05) is 0 Å². The molecule has 0 N–H and O–H groups in total. The summed E-state index contributed by atoms with van der Waals surface area (Å²) in [5.41, 5.74) is -0.985. The van der Waals surface area contributed by atoms with E-state index in [4.69, 9.17) is 4.42 Å². The first kappa shape index (κ1) is 89.8. The number of hydrogen-bond donors (Lipinski definition) is 0. The fourth-order valence-electron chi connectivity index (χ4n) is 7.53.